The number of benzene rings is 1. The number of nitrogens with zero attached hydrogens (tertiary/aromatic N) is 8. The molecule has 208 valence electrons. The first-order valence-corrected chi connectivity index (χ1v) is 13.7. The SMILES string of the molecule is C[C@](N)(c1ccc(F)cc1)c1cnc(C2=CCN(c3ncnn4cc(-c5cnn([C@@H]6CC[C@H]6O)c5)cc34)CC2)nc1. The molecule has 2 aliphatic rings. The van der Waals surface area contributed by atoms with Crippen molar-refractivity contribution in [1.29, 1.82) is 0 Å². The quantitative estimate of drug-likeness (QED) is 0.327. The Morgan fingerprint density at radius 3 is 2.46 bits per heavy atom. The molecule has 11 heteroatoms. The van der Waals surface area contributed by atoms with Crippen LogP contribution in [0.4, 0.5) is 10.2 Å². The minimum Gasteiger partial charge on any atom is -0.391 e. The third kappa shape index (κ3) is 4.56. The van der Waals surface area contributed by atoms with Gasteiger partial charge in [-0.2, -0.15) is 10.2 Å². The Hall–Kier alpha value is -4.48. The molecule has 0 bridgehead atoms. The number of nitrogens with two attached hydrogens (primary N) is 1. The zero-order chi connectivity index (χ0) is 28.1. The van der Waals surface area contributed by atoms with E-state index in [1.165, 1.54) is 12.1 Å². The highest BCUT2D eigenvalue weighted by molar-refractivity contribution is 5.78. The lowest BCUT2D eigenvalue weighted by molar-refractivity contribution is 0.0254. The molecule has 0 spiro atoms. The van der Waals surface area contributed by atoms with Crippen LogP contribution in [0.15, 0.2) is 73.7 Å². The van der Waals surface area contributed by atoms with E-state index >= 15 is 0 Å². The highest BCUT2D eigenvalue weighted by atomic mass is 19.1. The summed E-state index contributed by atoms with van der Waals surface area (Å²) in [4.78, 5) is 16.1. The Kier molecular flexibility index (Phi) is 6.13. The van der Waals surface area contributed by atoms with Gasteiger partial charge < -0.3 is 15.7 Å². The van der Waals surface area contributed by atoms with E-state index in [2.05, 4.69) is 42.2 Å². The minimum atomic E-state index is -0.838. The molecular weight excluding hydrogens is 521 g/mol. The number of halogens is 1. The zero-order valence-corrected chi connectivity index (χ0v) is 22.6. The summed E-state index contributed by atoms with van der Waals surface area (Å²) in [6, 6.07) is 8.33. The maximum atomic E-state index is 13.4. The lowest BCUT2D eigenvalue weighted by Crippen LogP contribution is -2.34. The standard InChI is InChI=1S/C30H30FN9O/c1-30(32,22-2-4-24(31)5-3-22)23-14-33-28(34-15-23)19-8-10-38(11-9-19)29-26-12-20(16-40(26)37-18-35-29)21-13-36-39(17-21)25-6-7-27(25)41/h2-5,8,12-18,25,27,41H,6-7,9-11,32H2,1H3/t25-,27-,30+/m1/s1. The van der Waals surface area contributed by atoms with Gasteiger partial charge in [0, 0.05) is 54.6 Å². The summed E-state index contributed by atoms with van der Waals surface area (Å²) in [5.74, 6) is 1.24. The Labute approximate surface area is 236 Å². The molecule has 41 heavy (non-hydrogen) atoms. The van der Waals surface area contributed by atoms with Gasteiger partial charge in [0.15, 0.2) is 11.6 Å². The van der Waals surface area contributed by atoms with Gasteiger partial charge in [-0.3, -0.25) is 4.68 Å². The summed E-state index contributed by atoms with van der Waals surface area (Å²) in [5, 5.41) is 18.9. The number of rotatable bonds is 6. The maximum absolute atomic E-state index is 13.4. The van der Waals surface area contributed by atoms with E-state index in [0.29, 0.717) is 12.4 Å². The van der Waals surface area contributed by atoms with Crippen molar-refractivity contribution in [2.45, 2.75) is 43.9 Å². The van der Waals surface area contributed by atoms with Gasteiger partial charge in [0.2, 0.25) is 0 Å². The molecule has 0 radical (unpaired) electrons. The summed E-state index contributed by atoms with van der Waals surface area (Å²) >= 11 is 0. The number of anilines is 1. The van der Waals surface area contributed by atoms with Crippen molar-refractivity contribution < 1.29 is 9.50 Å². The molecule has 3 atom stereocenters. The van der Waals surface area contributed by atoms with Gasteiger partial charge in [-0.25, -0.2) is 23.9 Å². The molecule has 1 fully saturated rings. The first kappa shape index (κ1) is 25.5. The maximum Gasteiger partial charge on any atom is 0.156 e. The molecule has 5 aromatic rings. The average Bonchev–Trinajstić information content (AvgIpc) is 3.64. The summed E-state index contributed by atoms with van der Waals surface area (Å²) < 4.78 is 17.1. The summed E-state index contributed by atoms with van der Waals surface area (Å²) in [5.41, 5.74) is 11.3. The van der Waals surface area contributed by atoms with Gasteiger partial charge in [-0.15, -0.1) is 0 Å². The van der Waals surface area contributed by atoms with Crippen LogP contribution in [0.3, 0.4) is 0 Å². The predicted molar refractivity (Wildman–Crippen MR) is 152 cm³/mol. The van der Waals surface area contributed by atoms with Crippen LogP contribution in [0.5, 0.6) is 0 Å². The van der Waals surface area contributed by atoms with Crippen molar-refractivity contribution >= 4 is 16.9 Å². The van der Waals surface area contributed by atoms with E-state index in [4.69, 9.17) is 5.73 Å². The smallest absolute Gasteiger partial charge is 0.156 e. The van der Waals surface area contributed by atoms with Crippen LogP contribution in [0, 0.1) is 5.82 Å². The lowest BCUT2D eigenvalue weighted by Gasteiger charge is -2.32. The van der Waals surface area contributed by atoms with Crippen molar-refractivity contribution in [3.63, 3.8) is 0 Å². The van der Waals surface area contributed by atoms with Crippen LogP contribution < -0.4 is 10.6 Å². The van der Waals surface area contributed by atoms with Crippen LogP contribution in [-0.2, 0) is 5.54 Å². The fraction of sp³-hybridized carbons (Fsp3) is 0.300. The van der Waals surface area contributed by atoms with Gasteiger partial charge in [-0.05, 0) is 55.5 Å². The largest absolute Gasteiger partial charge is 0.391 e. The highest BCUT2D eigenvalue weighted by Gasteiger charge is 2.31. The molecule has 10 nitrogen and oxygen atoms in total. The van der Waals surface area contributed by atoms with Crippen molar-refractivity contribution in [2.24, 2.45) is 5.73 Å². The number of aromatic nitrogens is 7. The predicted octanol–water partition coefficient (Wildman–Crippen LogP) is 3.73. The Bertz CT molecular complexity index is 1740. The van der Waals surface area contributed by atoms with Gasteiger partial charge in [0.25, 0.3) is 0 Å². The normalized spacial score (nSPS) is 20.5. The Morgan fingerprint density at radius 1 is 0.976 bits per heavy atom. The van der Waals surface area contributed by atoms with Gasteiger partial charge in [0.1, 0.15) is 17.7 Å². The molecule has 7 rings (SSSR count). The Morgan fingerprint density at radius 2 is 1.78 bits per heavy atom. The van der Waals surface area contributed by atoms with Crippen molar-refractivity contribution in [3.8, 4) is 11.1 Å². The number of hydrogen-bond acceptors (Lipinski definition) is 8. The molecule has 1 aromatic carbocycles. The molecule has 1 aliphatic carbocycles. The first-order valence-electron chi connectivity index (χ1n) is 13.7. The molecule has 4 aromatic heterocycles. The fourth-order valence-corrected chi connectivity index (χ4v) is 5.55. The second kappa shape index (κ2) is 9.86. The third-order valence-corrected chi connectivity index (χ3v) is 8.35. The fourth-order valence-electron chi connectivity index (χ4n) is 5.55. The molecular formula is C30H30FN9O. The summed E-state index contributed by atoms with van der Waals surface area (Å²) in [7, 11) is 0. The highest BCUT2D eigenvalue weighted by Crippen LogP contribution is 2.34. The number of aliphatic hydroxyl groups excluding tert-OH is 1. The molecule has 5 heterocycles. The molecule has 0 amide bonds. The number of hydrogen-bond donors (Lipinski definition) is 2. The van der Waals surface area contributed by atoms with Crippen LogP contribution in [0.1, 0.15) is 49.2 Å². The van der Waals surface area contributed by atoms with Crippen LogP contribution in [0.25, 0.3) is 22.2 Å². The third-order valence-electron chi connectivity index (χ3n) is 8.35. The van der Waals surface area contributed by atoms with E-state index in [1.54, 1.807) is 30.9 Å². The second-order valence-corrected chi connectivity index (χ2v) is 11.0. The monoisotopic (exact) mass is 551 g/mol. The second-order valence-electron chi connectivity index (χ2n) is 11.0. The van der Waals surface area contributed by atoms with E-state index in [-0.39, 0.29) is 18.0 Å². The van der Waals surface area contributed by atoms with Crippen LogP contribution >= 0.6 is 0 Å². The van der Waals surface area contributed by atoms with Crippen molar-refractivity contribution in [2.75, 3.05) is 18.0 Å². The van der Waals surface area contributed by atoms with Crippen molar-refractivity contribution in [1.82, 2.24) is 34.3 Å². The summed E-state index contributed by atoms with van der Waals surface area (Å²) in [6.45, 7) is 3.29. The molecule has 0 saturated heterocycles. The molecule has 0 unspecified atom stereocenters. The summed E-state index contributed by atoms with van der Waals surface area (Å²) in [6.07, 6.45) is 15.2. The lowest BCUT2D eigenvalue weighted by atomic mass is 9.87. The zero-order valence-electron chi connectivity index (χ0n) is 22.6. The number of fused-ring (bicyclic) bond motifs is 1. The van der Waals surface area contributed by atoms with Gasteiger partial charge in [-0.1, -0.05) is 18.2 Å². The molecule has 1 aliphatic heterocycles. The topological polar surface area (TPSA) is 123 Å². The van der Waals surface area contributed by atoms with Crippen LogP contribution in [-0.4, -0.2) is 58.6 Å². The average molecular weight is 552 g/mol. The Balaban J connectivity index is 1.09. The van der Waals surface area contributed by atoms with E-state index < -0.39 is 5.54 Å². The van der Waals surface area contributed by atoms with Crippen molar-refractivity contribution in [3.05, 3.63) is 96.5 Å². The first-order chi connectivity index (χ1) is 19.9. The van der Waals surface area contributed by atoms with Crippen LogP contribution in [0.2, 0.25) is 0 Å². The van der Waals surface area contributed by atoms with E-state index in [9.17, 15) is 9.50 Å². The molecule has 3 N–H and O–H groups in total. The molecule has 1 saturated carbocycles. The van der Waals surface area contributed by atoms with E-state index in [1.807, 2.05) is 34.7 Å². The van der Waals surface area contributed by atoms with Gasteiger partial charge >= 0.3 is 0 Å². The van der Waals surface area contributed by atoms with E-state index in [0.717, 1.165) is 65.0 Å². The van der Waals surface area contributed by atoms with Gasteiger partial charge in [0.05, 0.1) is 23.9 Å². The number of aliphatic hydroxyl groups is 1. The minimum absolute atomic E-state index is 0.0558.